The van der Waals surface area contributed by atoms with Crippen LogP contribution in [0.25, 0.3) is 22.3 Å². The number of carbonyl (C=O) groups excluding carboxylic acids is 1. The van der Waals surface area contributed by atoms with Crippen molar-refractivity contribution in [1.29, 1.82) is 0 Å². The SMILES string of the molecule is CCCOc1ccc2nc3c(cc2c1)Cn1c-3cc2c(c1=O)COC(=O)[C@]2(O)CC. The van der Waals surface area contributed by atoms with Crippen molar-refractivity contribution in [3.8, 4) is 17.1 Å². The molecule has 0 radical (unpaired) electrons. The van der Waals surface area contributed by atoms with Crippen molar-refractivity contribution in [3.05, 3.63) is 57.4 Å². The molecule has 1 atom stereocenters. The molecular weight excluding hydrogens is 384 g/mol. The van der Waals surface area contributed by atoms with Gasteiger partial charge < -0.3 is 19.1 Å². The zero-order valence-electron chi connectivity index (χ0n) is 16.9. The standard InChI is InChI=1S/C23H22N2O5/c1-3-7-29-15-5-6-18-13(9-15)8-14-11-25-19(20(14)24-18)10-17-16(21(25)26)12-30-22(27)23(17,28)4-2/h5-6,8-10,28H,3-4,7,11-12H2,1-2H3/t23-/m0/s1. The maximum absolute atomic E-state index is 13.2. The summed E-state index contributed by atoms with van der Waals surface area (Å²) in [5.41, 5.74) is 1.61. The number of rotatable bonds is 4. The molecule has 0 bridgehead atoms. The van der Waals surface area contributed by atoms with Crippen LogP contribution >= 0.6 is 0 Å². The summed E-state index contributed by atoms with van der Waals surface area (Å²) in [5, 5.41) is 11.9. The maximum Gasteiger partial charge on any atom is 0.343 e. The molecule has 2 aromatic heterocycles. The quantitative estimate of drug-likeness (QED) is 0.524. The summed E-state index contributed by atoms with van der Waals surface area (Å²) in [6.45, 7) is 4.66. The molecule has 0 spiro atoms. The number of benzene rings is 1. The molecule has 0 fully saturated rings. The molecule has 4 heterocycles. The molecule has 5 rings (SSSR count). The smallest absolute Gasteiger partial charge is 0.343 e. The average Bonchev–Trinajstić information content (AvgIpc) is 3.11. The van der Waals surface area contributed by atoms with Crippen molar-refractivity contribution in [2.45, 2.75) is 45.4 Å². The number of aliphatic hydroxyl groups is 1. The highest BCUT2D eigenvalue weighted by molar-refractivity contribution is 5.87. The zero-order chi connectivity index (χ0) is 21.0. The van der Waals surface area contributed by atoms with Gasteiger partial charge in [-0.1, -0.05) is 13.8 Å². The van der Waals surface area contributed by atoms with E-state index in [2.05, 4.69) is 6.92 Å². The number of ether oxygens (including phenoxy) is 2. The van der Waals surface area contributed by atoms with Gasteiger partial charge in [-0.25, -0.2) is 9.78 Å². The minimum Gasteiger partial charge on any atom is -0.494 e. The van der Waals surface area contributed by atoms with Gasteiger partial charge in [-0.3, -0.25) is 4.79 Å². The molecule has 0 aliphatic carbocycles. The number of fused-ring (bicyclic) bond motifs is 5. The van der Waals surface area contributed by atoms with E-state index in [0.717, 1.165) is 28.6 Å². The van der Waals surface area contributed by atoms with E-state index >= 15 is 0 Å². The van der Waals surface area contributed by atoms with Crippen molar-refractivity contribution >= 4 is 16.9 Å². The first kappa shape index (κ1) is 18.8. The van der Waals surface area contributed by atoms with Gasteiger partial charge in [-0.05, 0) is 43.2 Å². The summed E-state index contributed by atoms with van der Waals surface area (Å²) >= 11 is 0. The minimum absolute atomic E-state index is 0.125. The van der Waals surface area contributed by atoms with Gasteiger partial charge in [-0.2, -0.15) is 0 Å². The van der Waals surface area contributed by atoms with Crippen LogP contribution in [0.2, 0.25) is 0 Å². The fraction of sp³-hybridized carbons (Fsp3) is 0.348. The lowest BCUT2D eigenvalue weighted by molar-refractivity contribution is -0.172. The van der Waals surface area contributed by atoms with E-state index in [1.165, 1.54) is 0 Å². The molecule has 1 N–H and O–H groups in total. The highest BCUT2D eigenvalue weighted by atomic mass is 16.6. The average molecular weight is 406 g/mol. The molecule has 0 saturated heterocycles. The Labute approximate surface area is 172 Å². The summed E-state index contributed by atoms with van der Waals surface area (Å²) in [6, 6.07) is 9.49. The van der Waals surface area contributed by atoms with Gasteiger partial charge in [0.15, 0.2) is 5.60 Å². The van der Waals surface area contributed by atoms with Crippen molar-refractivity contribution in [1.82, 2.24) is 9.55 Å². The van der Waals surface area contributed by atoms with Crippen LogP contribution in [0.4, 0.5) is 0 Å². The Morgan fingerprint density at radius 1 is 1.23 bits per heavy atom. The van der Waals surface area contributed by atoms with Crippen molar-refractivity contribution in [2.24, 2.45) is 0 Å². The summed E-state index contributed by atoms with van der Waals surface area (Å²) in [7, 11) is 0. The molecule has 2 aliphatic rings. The Morgan fingerprint density at radius 3 is 2.83 bits per heavy atom. The van der Waals surface area contributed by atoms with Gasteiger partial charge >= 0.3 is 5.97 Å². The molecule has 0 saturated carbocycles. The number of cyclic esters (lactones) is 1. The van der Waals surface area contributed by atoms with Crippen LogP contribution in [-0.2, 0) is 28.3 Å². The lowest BCUT2D eigenvalue weighted by atomic mass is 9.86. The summed E-state index contributed by atoms with van der Waals surface area (Å²) in [6.07, 6.45) is 1.06. The topological polar surface area (TPSA) is 90.7 Å². The van der Waals surface area contributed by atoms with Crippen LogP contribution in [0, 0.1) is 0 Å². The third-order valence-electron chi connectivity index (χ3n) is 5.95. The summed E-state index contributed by atoms with van der Waals surface area (Å²) < 4.78 is 12.5. The van der Waals surface area contributed by atoms with E-state index in [-0.39, 0.29) is 18.6 Å². The van der Waals surface area contributed by atoms with Gasteiger partial charge in [0.1, 0.15) is 12.4 Å². The maximum atomic E-state index is 13.2. The fourth-order valence-corrected chi connectivity index (χ4v) is 4.27. The number of aromatic nitrogens is 2. The Balaban J connectivity index is 1.67. The normalized spacial score (nSPS) is 19.2. The Morgan fingerprint density at radius 2 is 2.07 bits per heavy atom. The number of esters is 1. The van der Waals surface area contributed by atoms with E-state index in [0.29, 0.717) is 35.7 Å². The number of nitrogens with zero attached hydrogens (tertiary/aromatic N) is 2. The number of pyridine rings is 2. The molecule has 30 heavy (non-hydrogen) atoms. The molecule has 0 amide bonds. The first-order chi connectivity index (χ1) is 14.5. The second-order valence-corrected chi connectivity index (χ2v) is 7.80. The van der Waals surface area contributed by atoms with Crippen LogP contribution in [0.15, 0.2) is 35.1 Å². The molecule has 7 heteroatoms. The second-order valence-electron chi connectivity index (χ2n) is 7.80. The van der Waals surface area contributed by atoms with E-state index in [9.17, 15) is 14.7 Å². The largest absolute Gasteiger partial charge is 0.494 e. The summed E-state index contributed by atoms with van der Waals surface area (Å²) in [5.74, 6) is 0.0732. The van der Waals surface area contributed by atoms with E-state index in [1.54, 1.807) is 17.6 Å². The minimum atomic E-state index is -1.81. The molecule has 1 aromatic carbocycles. The first-order valence-corrected chi connectivity index (χ1v) is 10.2. The van der Waals surface area contributed by atoms with Gasteiger partial charge in [0, 0.05) is 16.5 Å². The highest BCUT2D eigenvalue weighted by Gasteiger charge is 2.45. The molecule has 2 aliphatic heterocycles. The Kier molecular flexibility index (Phi) is 4.18. The predicted molar refractivity (Wildman–Crippen MR) is 110 cm³/mol. The lowest BCUT2D eigenvalue weighted by Gasteiger charge is -2.31. The van der Waals surface area contributed by atoms with Crippen LogP contribution in [-0.4, -0.2) is 27.2 Å². The van der Waals surface area contributed by atoms with E-state index in [4.69, 9.17) is 14.5 Å². The number of hydrogen-bond acceptors (Lipinski definition) is 6. The van der Waals surface area contributed by atoms with Crippen LogP contribution in [0.1, 0.15) is 43.4 Å². The molecule has 7 nitrogen and oxygen atoms in total. The summed E-state index contributed by atoms with van der Waals surface area (Å²) in [4.78, 5) is 30.2. The van der Waals surface area contributed by atoms with Crippen molar-refractivity contribution < 1.29 is 19.4 Å². The third kappa shape index (κ3) is 2.58. The molecule has 154 valence electrons. The third-order valence-corrected chi connectivity index (χ3v) is 5.95. The second kappa shape index (κ2) is 6.67. The van der Waals surface area contributed by atoms with Gasteiger partial charge in [0.2, 0.25) is 0 Å². The highest BCUT2D eigenvalue weighted by Crippen LogP contribution is 2.38. The van der Waals surface area contributed by atoms with Gasteiger partial charge in [0.25, 0.3) is 5.56 Å². The van der Waals surface area contributed by atoms with Crippen LogP contribution < -0.4 is 10.3 Å². The Hall–Kier alpha value is -3.19. The zero-order valence-corrected chi connectivity index (χ0v) is 16.9. The van der Waals surface area contributed by atoms with Gasteiger partial charge in [-0.15, -0.1) is 0 Å². The molecular formula is C23H22N2O5. The first-order valence-electron chi connectivity index (χ1n) is 10.2. The fourth-order valence-electron chi connectivity index (χ4n) is 4.27. The van der Waals surface area contributed by atoms with Crippen LogP contribution in [0.3, 0.4) is 0 Å². The molecule has 3 aromatic rings. The lowest BCUT2D eigenvalue weighted by Crippen LogP contribution is -2.44. The van der Waals surface area contributed by atoms with Crippen molar-refractivity contribution in [2.75, 3.05) is 6.61 Å². The van der Waals surface area contributed by atoms with E-state index < -0.39 is 11.6 Å². The molecule has 0 unspecified atom stereocenters. The number of hydrogen-bond donors (Lipinski definition) is 1. The number of carbonyl (C=O) groups is 1. The van der Waals surface area contributed by atoms with Crippen LogP contribution in [0.5, 0.6) is 5.75 Å². The van der Waals surface area contributed by atoms with E-state index in [1.807, 2.05) is 24.3 Å². The Bertz CT molecular complexity index is 1260. The van der Waals surface area contributed by atoms with Gasteiger partial charge in [0.05, 0.1) is 35.6 Å². The monoisotopic (exact) mass is 406 g/mol. The van der Waals surface area contributed by atoms with Crippen molar-refractivity contribution in [3.63, 3.8) is 0 Å². The predicted octanol–water partition coefficient (Wildman–Crippen LogP) is 2.87.